The van der Waals surface area contributed by atoms with E-state index in [1.54, 1.807) is 37.4 Å². The van der Waals surface area contributed by atoms with Crippen molar-refractivity contribution in [3.8, 4) is 17.2 Å². The average molecular weight is 294 g/mol. The number of aliphatic hydroxyl groups is 1. The molecule has 2 aromatic carbocycles. The van der Waals surface area contributed by atoms with Crippen LogP contribution in [0.2, 0.25) is 5.02 Å². The molecule has 0 aliphatic rings. The lowest BCUT2D eigenvalue weighted by molar-refractivity contribution is 0.280. The Morgan fingerprint density at radius 3 is 2.55 bits per heavy atom. The molecule has 0 atom stereocenters. The second kappa shape index (κ2) is 6.61. The number of hydrogen-bond donors (Lipinski definition) is 2. The Kier molecular flexibility index (Phi) is 4.84. The van der Waals surface area contributed by atoms with Gasteiger partial charge in [-0.05, 0) is 29.8 Å². The molecule has 106 valence electrons. The van der Waals surface area contributed by atoms with Crippen LogP contribution in [0.4, 0.5) is 0 Å². The molecule has 0 unspecified atom stereocenters. The number of hydrogen-bond acceptors (Lipinski definition) is 4. The molecular weight excluding hydrogens is 278 g/mol. The van der Waals surface area contributed by atoms with E-state index in [2.05, 4.69) is 0 Å². The van der Waals surface area contributed by atoms with E-state index in [0.717, 1.165) is 11.1 Å². The summed E-state index contributed by atoms with van der Waals surface area (Å²) < 4.78 is 11.1. The van der Waals surface area contributed by atoms with Crippen molar-refractivity contribution < 1.29 is 14.6 Å². The highest BCUT2D eigenvalue weighted by molar-refractivity contribution is 6.30. The zero-order chi connectivity index (χ0) is 14.5. The van der Waals surface area contributed by atoms with Crippen LogP contribution in [0, 0.1) is 0 Å². The van der Waals surface area contributed by atoms with E-state index < -0.39 is 0 Å². The van der Waals surface area contributed by atoms with Crippen LogP contribution in [-0.4, -0.2) is 12.2 Å². The Morgan fingerprint density at radius 2 is 1.90 bits per heavy atom. The van der Waals surface area contributed by atoms with Crippen molar-refractivity contribution in [2.24, 2.45) is 5.73 Å². The van der Waals surface area contributed by atoms with Crippen LogP contribution >= 0.6 is 11.6 Å². The lowest BCUT2D eigenvalue weighted by Gasteiger charge is -2.14. The summed E-state index contributed by atoms with van der Waals surface area (Å²) >= 11 is 5.98. The summed E-state index contributed by atoms with van der Waals surface area (Å²) in [5.41, 5.74) is 7.28. The Hall–Kier alpha value is -1.75. The summed E-state index contributed by atoms with van der Waals surface area (Å²) in [6.45, 7) is 0.297. The maximum Gasteiger partial charge on any atom is 0.169 e. The number of rotatable bonds is 5. The van der Waals surface area contributed by atoms with E-state index in [1.807, 2.05) is 6.07 Å². The van der Waals surface area contributed by atoms with E-state index in [9.17, 15) is 0 Å². The van der Waals surface area contributed by atoms with Gasteiger partial charge < -0.3 is 20.3 Å². The topological polar surface area (TPSA) is 64.7 Å². The fourth-order valence-corrected chi connectivity index (χ4v) is 1.97. The number of methoxy groups -OCH3 is 1. The number of halogens is 1. The maximum absolute atomic E-state index is 9.13. The van der Waals surface area contributed by atoms with Crippen LogP contribution < -0.4 is 15.2 Å². The third kappa shape index (κ3) is 3.22. The largest absolute Gasteiger partial charge is 0.493 e. The second-order valence-corrected chi connectivity index (χ2v) is 4.64. The number of ether oxygens (including phenoxy) is 2. The lowest BCUT2D eigenvalue weighted by atomic mass is 10.2. The first kappa shape index (κ1) is 14.7. The number of benzene rings is 2. The van der Waals surface area contributed by atoms with Gasteiger partial charge in [0.25, 0.3) is 0 Å². The summed E-state index contributed by atoms with van der Waals surface area (Å²) in [4.78, 5) is 0. The predicted octanol–water partition coefficient (Wildman–Crippen LogP) is 3.09. The molecule has 3 N–H and O–H groups in total. The lowest BCUT2D eigenvalue weighted by Crippen LogP contribution is -2.00. The van der Waals surface area contributed by atoms with Gasteiger partial charge in [0, 0.05) is 17.1 Å². The van der Waals surface area contributed by atoms with Crippen molar-refractivity contribution >= 4 is 11.6 Å². The molecule has 2 aromatic rings. The molecule has 0 amide bonds. The first-order valence-corrected chi connectivity index (χ1v) is 6.50. The standard InChI is InChI=1S/C15H16ClNO3/c1-19-15-6-10(9-18)2-5-13(15)20-14-7-12(16)4-3-11(14)8-17/h2-7,18H,8-9,17H2,1H3. The summed E-state index contributed by atoms with van der Waals surface area (Å²) in [5, 5.41) is 9.70. The van der Waals surface area contributed by atoms with Crippen LogP contribution in [0.25, 0.3) is 0 Å². The minimum absolute atomic E-state index is 0.0537. The van der Waals surface area contributed by atoms with Crippen molar-refractivity contribution in [1.29, 1.82) is 0 Å². The molecule has 0 saturated carbocycles. The Labute approximate surface area is 122 Å². The molecule has 5 heteroatoms. The van der Waals surface area contributed by atoms with Gasteiger partial charge >= 0.3 is 0 Å². The van der Waals surface area contributed by atoms with Crippen LogP contribution in [0.5, 0.6) is 17.2 Å². The van der Waals surface area contributed by atoms with Gasteiger partial charge in [-0.3, -0.25) is 0 Å². The van der Waals surface area contributed by atoms with Gasteiger partial charge in [0.15, 0.2) is 11.5 Å². The summed E-state index contributed by atoms with van der Waals surface area (Å²) in [6, 6.07) is 10.5. The smallest absolute Gasteiger partial charge is 0.169 e. The second-order valence-electron chi connectivity index (χ2n) is 4.20. The highest BCUT2D eigenvalue weighted by atomic mass is 35.5. The zero-order valence-electron chi connectivity index (χ0n) is 11.1. The van der Waals surface area contributed by atoms with Crippen molar-refractivity contribution in [3.63, 3.8) is 0 Å². The van der Waals surface area contributed by atoms with E-state index in [4.69, 9.17) is 31.9 Å². The van der Waals surface area contributed by atoms with Gasteiger partial charge in [-0.25, -0.2) is 0 Å². The third-order valence-corrected chi connectivity index (χ3v) is 3.11. The molecule has 0 aromatic heterocycles. The van der Waals surface area contributed by atoms with Crippen molar-refractivity contribution in [1.82, 2.24) is 0 Å². The van der Waals surface area contributed by atoms with Gasteiger partial charge in [0.1, 0.15) is 5.75 Å². The van der Waals surface area contributed by atoms with Gasteiger partial charge in [0.05, 0.1) is 13.7 Å². The van der Waals surface area contributed by atoms with Crippen molar-refractivity contribution in [2.75, 3.05) is 7.11 Å². The number of aliphatic hydroxyl groups excluding tert-OH is 1. The van der Waals surface area contributed by atoms with Crippen LogP contribution in [-0.2, 0) is 13.2 Å². The Balaban J connectivity index is 2.36. The summed E-state index contributed by atoms with van der Waals surface area (Å²) in [6.07, 6.45) is 0. The normalized spacial score (nSPS) is 10.4. The average Bonchev–Trinajstić information content (AvgIpc) is 2.48. The molecular formula is C15H16ClNO3. The first-order valence-electron chi connectivity index (χ1n) is 6.12. The van der Waals surface area contributed by atoms with E-state index in [1.165, 1.54) is 0 Å². The SMILES string of the molecule is COc1cc(CO)ccc1Oc1cc(Cl)ccc1CN. The highest BCUT2D eigenvalue weighted by Gasteiger charge is 2.10. The van der Waals surface area contributed by atoms with E-state index in [0.29, 0.717) is 28.8 Å². The quantitative estimate of drug-likeness (QED) is 0.889. The number of nitrogens with two attached hydrogens (primary N) is 1. The monoisotopic (exact) mass is 293 g/mol. The first-order chi connectivity index (χ1) is 9.67. The molecule has 0 spiro atoms. The molecule has 0 aliphatic carbocycles. The molecule has 2 rings (SSSR count). The molecule has 0 aliphatic heterocycles. The molecule has 0 fully saturated rings. The maximum atomic E-state index is 9.13. The van der Waals surface area contributed by atoms with Crippen LogP contribution in [0.1, 0.15) is 11.1 Å². The summed E-state index contributed by atoms with van der Waals surface area (Å²) in [5.74, 6) is 1.68. The van der Waals surface area contributed by atoms with Gasteiger partial charge in [-0.1, -0.05) is 23.7 Å². The Morgan fingerprint density at radius 1 is 1.10 bits per heavy atom. The van der Waals surface area contributed by atoms with Crippen molar-refractivity contribution in [2.45, 2.75) is 13.2 Å². The van der Waals surface area contributed by atoms with Gasteiger partial charge in [0.2, 0.25) is 0 Å². The minimum Gasteiger partial charge on any atom is -0.493 e. The van der Waals surface area contributed by atoms with E-state index >= 15 is 0 Å². The summed E-state index contributed by atoms with van der Waals surface area (Å²) in [7, 11) is 1.55. The fraction of sp³-hybridized carbons (Fsp3) is 0.200. The van der Waals surface area contributed by atoms with Gasteiger partial charge in [-0.2, -0.15) is 0 Å². The van der Waals surface area contributed by atoms with Crippen LogP contribution in [0.3, 0.4) is 0 Å². The third-order valence-electron chi connectivity index (χ3n) is 2.88. The van der Waals surface area contributed by atoms with Gasteiger partial charge in [-0.15, -0.1) is 0 Å². The molecule has 0 bridgehead atoms. The molecule has 20 heavy (non-hydrogen) atoms. The predicted molar refractivity (Wildman–Crippen MR) is 78.3 cm³/mol. The fourth-order valence-electron chi connectivity index (χ4n) is 1.81. The molecule has 0 saturated heterocycles. The highest BCUT2D eigenvalue weighted by Crippen LogP contribution is 2.35. The molecule has 4 nitrogen and oxygen atoms in total. The van der Waals surface area contributed by atoms with E-state index in [-0.39, 0.29) is 6.61 Å². The van der Waals surface area contributed by atoms with Crippen molar-refractivity contribution in [3.05, 3.63) is 52.5 Å². The van der Waals surface area contributed by atoms with Crippen LogP contribution in [0.15, 0.2) is 36.4 Å². The minimum atomic E-state index is -0.0537. The Bertz CT molecular complexity index is 602. The molecule has 0 radical (unpaired) electrons. The molecule has 0 heterocycles. The zero-order valence-corrected chi connectivity index (χ0v) is 11.9.